The third-order valence-corrected chi connectivity index (χ3v) is 3.17. The maximum Gasteiger partial charge on any atom is 0.147 e. The third-order valence-electron chi connectivity index (χ3n) is 2.82. The molecule has 102 valence electrons. The number of nitrogens with zero attached hydrogens (tertiary/aromatic N) is 2. The highest BCUT2D eigenvalue weighted by atomic mass is 35.5. The van der Waals surface area contributed by atoms with Gasteiger partial charge in [-0.05, 0) is 19.1 Å². The van der Waals surface area contributed by atoms with Gasteiger partial charge in [-0.2, -0.15) is 0 Å². The van der Waals surface area contributed by atoms with Gasteiger partial charge in [-0.1, -0.05) is 11.6 Å². The van der Waals surface area contributed by atoms with Crippen LogP contribution in [-0.4, -0.2) is 14.7 Å². The summed E-state index contributed by atoms with van der Waals surface area (Å²) in [7, 11) is 1.77. The molecule has 1 heterocycles. The SMILES string of the molecule is C[C@@H](O)c1ccc(OCc2ncc(Cl)n2C)cc1F. The van der Waals surface area contributed by atoms with E-state index in [0.29, 0.717) is 16.7 Å². The topological polar surface area (TPSA) is 47.3 Å². The van der Waals surface area contributed by atoms with Gasteiger partial charge in [-0.25, -0.2) is 9.37 Å². The van der Waals surface area contributed by atoms with E-state index in [1.165, 1.54) is 25.3 Å². The number of ether oxygens (including phenoxy) is 1. The van der Waals surface area contributed by atoms with Crippen LogP contribution < -0.4 is 4.74 Å². The van der Waals surface area contributed by atoms with Gasteiger partial charge in [0.05, 0.1) is 12.3 Å². The van der Waals surface area contributed by atoms with Gasteiger partial charge < -0.3 is 14.4 Å². The smallest absolute Gasteiger partial charge is 0.147 e. The van der Waals surface area contributed by atoms with Gasteiger partial charge >= 0.3 is 0 Å². The second-order valence-corrected chi connectivity index (χ2v) is 4.59. The summed E-state index contributed by atoms with van der Waals surface area (Å²) in [6.45, 7) is 1.70. The molecule has 0 aliphatic heterocycles. The first-order valence-electron chi connectivity index (χ1n) is 5.75. The molecule has 2 aromatic rings. The van der Waals surface area contributed by atoms with Crippen molar-refractivity contribution in [3.8, 4) is 5.75 Å². The van der Waals surface area contributed by atoms with Crippen LogP contribution in [0.25, 0.3) is 0 Å². The molecule has 0 saturated heterocycles. The van der Waals surface area contributed by atoms with Crippen molar-refractivity contribution in [1.29, 1.82) is 0 Å². The molecular weight excluding hydrogens is 271 g/mol. The maximum absolute atomic E-state index is 13.6. The van der Waals surface area contributed by atoms with E-state index in [-0.39, 0.29) is 12.2 Å². The molecule has 1 N–H and O–H groups in total. The van der Waals surface area contributed by atoms with E-state index in [4.69, 9.17) is 16.3 Å². The fourth-order valence-corrected chi connectivity index (χ4v) is 1.79. The lowest BCUT2D eigenvalue weighted by Gasteiger charge is -2.10. The van der Waals surface area contributed by atoms with Gasteiger partial charge in [-0.3, -0.25) is 0 Å². The first kappa shape index (κ1) is 13.8. The molecule has 0 spiro atoms. The lowest BCUT2D eigenvalue weighted by Crippen LogP contribution is -2.04. The number of imidazole rings is 1. The molecule has 4 nitrogen and oxygen atoms in total. The normalized spacial score (nSPS) is 12.5. The van der Waals surface area contributed by atoms with Crippen molar-refractivity contribution in [3.63, 3.8) is 0 Å². The number of benzene rings is 1. The highest BCUT2D eigenvalue weighted by molar-refractivity contribution is 6.29. The van der Waals surface area contributed by atoms with Crippen molar-refractivity contribution in [3.05, 3.63) is 46.8 Å². The number of aliphatic hydroxyl groups is 1. The average molecular weight is 285 g/mol. The van der Waals surface area contributed by atoms with Crippen LogP contribution in [-0.2, 0) is 13.7 Å². The van der Waals surface area contributed by atoms with Gasteiger partial charge in [-0.15, -0.1) is 0 Å². The molecule has 0 saturated carbocycles. The summed E-state index contributed by atoms with van der Waals surface area (Å²) in [6.07, 6.45) is 0.680. The zero-order valence-electron chi connectivity index (χ0n) is 10.6. The van der Waals surface area contributed by atoms with Gasteiger partial charge in [0.2, 0.25) is 0 Å². The quantitative estimate of drug-likeness (QED) is 0.939. The lowest BCUT2D eigenvalue weighted by molar-refractivity contribution is 0.193. The van der Waals surface area contributed by atoms with Crippen molar-refractivity contribution >= 4 is 11.6 Å². The Bertz CT molecular complexity index is 584. The first-order valence-corrected chi connectivity index (χ1v) is 6.13. The predicted molar refractivity (Wildman–Crippen MR) is 69.6 cm³/mol. The number of aliphatic hydroxyl groups excluding tert-OH is 1. The van der Waals surface area contributed by atoms with Crippen molar-refractivity contribution < 1.29 is 14.2 Å². The Balaban J connectivity index is 2.08. The van der Waals surface area contributed by atoms with Crippen LogP contribution in [0, 0.1) is 5.82 Å². The molecule has 0 bridgehead atoms. The van der Waals surface area contributed by atoms with Crippen LogP contribution in [0.2, 0.25) is 5.15 Å². The Hall–Kier alpha value is -1.59. The van der Waals surface area contributed by atoms with Gasteiger partial charge in [0.15, 0.2) is 0 Å². The van der Waals surface area contributed by atoms with E-state index in [9.17, 15) is 9.50 Å². The van der Waals surface area contributed by atoms with E-state index in [2.05, 4.69) is 4.98 Å². The van der Waals surface area contributed by atoms with Gasteiger partial charge in [0.25, 0.3) is 0 Å². The summed E-state index contributed by atoms with van der Waals surface area (Å²) in [5, 5.41) is 9.84. The minimum atomic E-state index is -0.845. The zero-order valence-corrected chi connectivity index (χ0v) is 11.4. The fourth-order valence-electron chi connectivity index (χ4n) is 1.64. The minimum Gasteiger partial charge on any atom is -0.486 e. The van der Waals surface area contributed by atoms with E-state index in [0.717, 1.165) is 0 Å². The zero-order chi connectivity index (χ0) is 14.0. The molecule has 1 aromatic carbocycles. The van der Waals surface area contributed by atoms with Crippen LogP contribution >= 0.6 is 11.6 Å². The molecule has 0 radical (unpaired) electrons. The van der Waals surface area contributed by atoms with Crippen LogP contribution in [0.15, 0.2) is 24.4 Å². The van der Waals surface area contributed by atoms with Crippen LogP contribution in [0.5, 0.6) is 5.75 Å². The number of halogens is 2. The Kier molecular flexibility index (Phi) is 4.07. The fraction of sp³-hybridized carbons (Fsp3) is 0.308. The second kappa shape index (κ2) is 5.59. The molecule has 6 heteroatoms. The number of aromatic nitrogens is 2. The largest absolute Gasteiger partial charge is 0.486 e. The van der Waals surface area contributed by atoms with Crippen molar-refractivity contribution in [2.45, 2.75) is 19.6 Å². The van der Waals surface area contributed by atoms with E-state index < -0.39 is 11.9 Å². The highest BCUT2D eigenvalue weighted by Gasteiger charge is 2.10. The molecule has 19 heavy (non-hydrogen) atoms. The second-order valence-electron chi connectivity index (χ2n) is 4.20. The monoisotopic (exact) mass is 284 g/mol. The molecule has 2 rings (SSSR count). The summed E-state index contributed by atoms with van der Waals surface area (Å²) >= 11 is 5.85. The third kappa shape index (κ3) is 3.05. The molecule has 0 unspecified atom stereocenters. The summed E-state index contributed by atoms with van der Waals surface area (Å²) in [5.74, 6) is 0.524. The van der Waals surface area contributed by atoms with E-state index in [1.807, 2.05) is 0 Å². The highest BCUT2D eigenvalue weighted by Crippen LogP contribution is 2.22. The molecule has 0 fully saturated rings. The Morgan fingerprint density at radius 3 is 2.79 bits per heavy atom. The van der Waals surface area contributed by atoms with E-state index >= 15 is 0 Å². The summed E-state index contributed by atoms with van der Waals surface area (Å²) in [4.78, 5) is 4.07. The van der Waals surface area contributed by atoms with Gasteiger partial charge in [0.1, 0.15) is 29.2 Å². The molecular formula is C13H14ClFN2O2. The van der Waals surface area contributed by atoms with Crippen LogP contribution in [0.1, 0.15) is 24.4 Å². The number of rotatable bonds is 4. The van der Waals surface area contributed by atoms with Crippen molar-refractivity contribution in [1.82, 2.24) is 9.55 Å². The molecule has 1 atom stereocenters. The standard InChI is InChI=1S/C13H14ClFN2O2/c1-8(18)10-4-3-9(5-11(10)15)19-7-13-16-6-12(14)17(13)2/h3-6,8,18H,7H2,1-2H3/t8-/m1/s1. The lowest BCUT2D eigenvalue weighted by atomic mass is 10.1. The maximum atomic E-state index is 13.6. The van der Waals surface area contributed by atoms with Crippen LogP contribution in [0.3, 0.4) is 0 Å². The predicted octanol–water partition coefficient (Wildman–Crippen LogP) is 2.84. The molecule has 1 aromatic heterocycles. The summed E-state index contributed by atoms with van der Waals surface area (Å²) < 4.78 is 20.7. The minimum absolute atomic E-state index is 0.191. The van der Waals surface area contributed by atoms with Crippen molar-refractivity contribution in [2.24, 2.45) is 7.05 Å². The van der Waals surface area contributed by atoms with Gasteiger partial charge in [0, 0.05) is 18.7 Å². The Morgan fingerprint density at radius 1 is 1.53 bits per heavy atom. The first-order chi connectivity index (χ1) is 8.99. The summed E-state index contributed by atoms with van der Waals surface area (Å²) in [5.41, 5.74) is 0.243. The van der Waals surface area contributed by atoms with Crippen molar-refractivity contribution in [2.75, 3.05) is 0 Å². The van der Waals surface area contributed by atoms with E-state index in [1.54, 1.807) is 17.7 Å². The van der Waals surface area contributed by atoms with Crippen LogP contribution in [0.4, 0.5) is 4.39 Å². The number of hydrogen-bond acceptors (Lipinski definition) is 3. The number of hydrogen-bond donors (Lipinski definition) is 1. The Labute approximate surface area is 115 Å². The molecule has 0 amide bonds. The Morgan fingerprint density at radius 2 is 2.26 bits per heavy atom. The molecule has 0 aliphatic carbocycles. The molecule has 0 aliphatic rings. The summed E-state index contributed by atoms with van der Waals surface area (Å²) in [6, 6.07) is 4.35. The average Bonchev–Trinajstić information content (AvgIpc) is 2.67.